The summed E-state index contributed by atoms with van der Waals surface area (Å²) in [6.45, 7) is 5.96. The molecule has 0 fully saturated rings. The summed E-state index contributed by atoms with van der Waals surface area (Å²) in [5, 5.41) is 40.6. The van der Waals surface area contributed by atoms with E-state index in [1.54, 1.807) is 6.08 Å². The minimum absolute atomic E-state index is 0.0838. The summed E-state index contributed by atoms with van der Waals surface area (Å²) < 4.78 is 11.9. The molecule has 0 saturated heterocycles. The van der Waals surface area contributed by atoms with Crippen molar-refractivity contribution in [2.24, 2.45) is 0 Å². The predicted octanol–water partition coefficient (Wildman–Crippen LogP) is 5.19. The Kier molecular flexibility index (Phi) is 5.12. The fraction of sp³-hybridized carbons (Fsp3) is 0.240. The molecule has 0 saturated carbocycles. The molecule has 2 aromatic carbocycles. The van der Waals surface area contributed by atoms with E-state index >= 15 is 0 Å². The van der Waals surface area contributed by atoms with Gasteiger partial charge in [-0.25, -0.2) is 0 Å². The van der Waals surface area contributed by atoms with Crippen molar-refractivity contribution in [3.05, 3.63) is 57.8 Å². The highest BCUT2D eigenvalue weighted by Gasteiger charge is 2.31. The van der Waals surface area contributed by atoms with Gasteiger partial charge in [-0.1, -0.05) is 17.7 Å². The third kappa shape index (κ3) is 3.66. The molecule has 4 rings (SSSR count). The molecular weight excluding hydrogens is 412 g/mol. The standard InChI is InChI=1S/C25H24O7/c1-13(2)5-4-9-25(3)10-8-16-15(6-7-17(27)23(16)32-25)24-22(30)21(29)20-18(28)11-14(26)12-19(20)31-24/h5-8,10-12,26-28,30H,4,9H2,1-3H3/t25-/m1/s1. The van der Waals surface area contributed by atoms with E-state index < -0.39 is 22.5 Å². The molecular formula is C25H24O7. The van der Waals surface area contributed by atoms with Crippen LogP contribution >= 0.6 is 0 Å². The molecule has 0 unspecified atom stereocenters. The maximum absolute atomic E-state index is 12.7. The van der Waals surface area contributed by atoms with Crippen LogP contribution in [0.5, 0.6) is 28.7 Å². The average Bonchev–Trinajstić information content (AvgIpc) is 2.71. The molecule has 1 aliphatic rings. The molecule has 7 nitrogen and oxygen atoms in total. The smallest absolute Gasteiger partial charge is 0.238 e. The van der Waals surface area contributed by atoms with Gasteiger partial charge in [0.15, 0.2) is 17.3 Å². The number of phenols is 3. The molecule has 7 heteroatoms. The Labute approximate surface area is 184 Å². The minimum atomic E-state index is -0.840. The lowest BCUT2D eigenvalue weighted by Gasteiger charge is -2.32. The number of phenolic OH excluding ortho intramolecular Hbond substituents is 3. The Morgan fingerprint density at radius 1 is 1.09 bits per heavy atom. The third-order valence-corrected chi connectivity index (χ3v) is 5.49. The number of benzene rings is 2. The second kappa shape index (κ2) is 7.67. The van der Waals surface area contributed by atoms with Crippen LogP contribution in [-0.4, -0.2) is 26.0 Å². The van der Waals surface area contributed by atoms with Crippen molar-refractivity contribution in [2.45, 2.75) is 39.2 Å². The van der Waals surface area contributed by atoms with Crippen molar-refractivity contribution in [1.29, 1.82) is 0 Å². The Morgan fingerprint density at radius 2 is 1.84 bits per heavy atom. The highest BCUT2D eigenvalue weighted by Crippen LogP contribution is 2.46. The van der Waals surface area contributed by atoms with Crippen molar-refractivity contribution in [3.8, 4) is 40.1 Å². The van der Waals surface area contributed by atoms with Crippen molar-refractivity contribution in [2.75, 3.05) is 0 Å². The van der Waals surface area contributed by atoms with E-state index in [2.05, 4.69) is 6.08 Å². The molecule has 4 N–H and O–H groups in total. The number of hydrogen-bond donors (Lipinski definition) is 4. The molecule has 32 heavy (non-hydrogen) atoms. The maximum atomic E-state index is 12.7. The predicted molar refractivity (Wildman–Crippen MR) is 121 cm³/mol. The summed E-state index contributed by atoms with van der Waals surface area (Å²) in [4.78, 5) is 12.7. The highest BCUT2D eigenvalue weighted by molar-refractivity contribution is 5.90. The van der Waals surface area contributed by atoms with Crippen molar-refractivity contribution < 1.29 is 29.6 Å². The SMILES string of the molecule is CC(C)=CCC[C@]1(C)C=Cc2c(-c3oc4cc(O)cc(O)c4c(=O)c3O)ccc(O)c2O1. The molecule has 2 heterocycles. The summed E-state index contributed by atoms with van der Waals surface area (Å²) in [5.74, 6) is -1.52. The van der Waals surface area contributed by atoms with Crippen LogP contribution in [0.25, 0.3) is 28.4 Å². The van der Waals surface area contributed by atoms with Gasteiger partial charge < -0.3 is 29.6 Å². The third-order valence-electron chi connectivity index (χ3n) is 5.49. The summed E-state index contributed by atoms with van der Waals surface area (Å²) in [7, 11) is 0. The fourth-order valence-corrected chi connectivity index (χ4v) is 3.83. The monoisotopic (exact) mass is 436 g/mol. The van der Waals surface area contributed by atoms with Gasteiger partial charge in [-0.2, -0.15) is 0 Å². The molecule has 0 aliphatic carbocycles. The van der Waals surface area contributed by atoms with Gasteiger partial charge in [-0.3, -0.25) is 4.79 Å². The van der Waals surface area contributed by atoms with Crippen LogP contribution in [0.2, 0.25) is 0 Å². The Bertz CT molecular complexity index is 1340. The molecule has 0 amide bonds. The highest BCUT2D eigenvalue weighted by atomic mass is 16.5. The number of ether oxygens (including phenoxy) is 1. The lowest BCUT2D eigenvalue weighted by atomic mass is 9.92. The Morgan fingerprint density at radius 3 is 2.56 bits per heavy atom. The topological polar surface area (TPSA) is 120 Å². The number of fused-ring (bicyclic) bond motifs is 2. The van der Waals surface area contributed by atoms with E-state index in [0.29, 0.717) is 17.5 Å². The van der Waals surface area contributed by atoms with Crippen molar-refractivity contribution >= 4 is 17.0 Å². The zero-order chi connectivity index (χ0) is 23.2. The fourth-order valence-electron chi connectivity index (χ4n) is 3.83. The van der Waals surface area contributed by atoms with Gasteiger partial charge >= 0.3 is 0 Å². The lowest BCUT2D eigenvalue weighted by Crippen LogP contribution is -2.31. The first-order chi connectivity index (χ1) is 15.1. The summed E-state index contributed by atoms with van der Waals surface area (Å²) >= 11 is 0. The maximum Gasteiger partial charge on any atom is 0.238 e. The van der Waals surface area contributed by atoms with E-state index in [-0.39, 0.29) is 34.0 Å². The van der Waals surface area contributed by atoms with Gasteiger partial charge in [0.25, 0.3) is 0 Å². The molecule has 3 aromatic rings. The number of allylic oxidation sites excluding steroid dienone is 2. The van der Waals surface area contributed by atoms with Gasteiger partial charge in [0.1, 0.15) is 28.1 Å². The second-order valence-corrected chi connectivity index (χ2v) is 8.39. The van der Waals surface area contributed by atoms with Gasteiger partial charge in [-0.15, -0.1) is 0 Å². The van der Waals surface area contributed by atoms with E-state index in [9.17, 15) is 25.2 Å². The Balaban J connectivity index is 1.85. The van der Waals surface area contributed by atoms with Crippen LogP contribution in [-0.2, 0) is 0 Å². The van der Waals surface area contributed by atoms with Crippen LogP contribution in [0.4, 0.5) is 0 Å². The normalized spacial score (nSPS) is 17.1. The van der Waals surface area contributed by atoms with Gasteiger partial charge in [0.05, 0.1) is 0 Å². The van der Waals surface area contributed by atoms with E-state index in [1.165, 1.54) is 23.8 Å². The van der Waals surface area contributed by atoms with E-state index in [0.717, 1.165) is 12.5 Å². The van der Waals surface area contributed by atoms with Crippen LogP contribution in [0.15, 0.2) is 51.2 Å². The molecule has 0 spiro atoms. The van der Waals surface area contributed by atoms with Crippen molar-refractivity contribution in [3.63, 3.8) is 0 Å². The van der Waals surface area contributed by atoms with Crippen LogP contribution < -0.4 is 10.2 Å². The van der Waals surface area contributed by atoms with Crippen molar-refractivity contribution in [1.82, 2.24) is 0 Å². The average molecular weight is 436 g/mol. The zero-order valence-corrected chi connectivity index (χ0v) is 18.0. The lowest BCUT2D eigenvalue weighted by molar-refractivity contribution is 0.124. The molecule has 166 valence electrons. The number of rotatable bonds is 4. The molecule has 0 bridgehead atoms. The van der Waals surface area contributed by atoms with Gasteiger partial charge in [-0.05, 0) is 51.8 Å². The first-order valence-corrected chi connectivity index (χ1v) is 10.2. The second-order valence-electron chi connectivity index (χ2n) is 8.39. The summed E-state index contributed by atoms with van der Waals surface area (Å²) in [6.07, 6.45) is 7.23. The first kappa shape index (κ1) is 21.4. The number of hydrogen-bond acceptors (Lipinski definition) is 7. The molecule has 1 aliphatic heterocycles. The quantitative estimate of drug-likeness (QED) is 0.415. The summed E-state index contributed by atoms with van der Waals surface area (Å²) in [6, 6.07) is 5.07. The number of aromatic hydroxyl groups is 4. The van der Waals surface area contributed by atoms with E-state index in [4.69, 9.17) is 9.15 Å². The van der Waals surface area contributed by atoms with Gasteiger partial charge in [0, 0.05) is 23.3 Å². The van der Waals surface area contributed by atoms with Gasteiger partial charge in [0.2, 0.25) is 11.2 Å². The van der Waals surface area contributed by atoms with E-state index in [1.807, 2.05) is 26.8 Å². The molecule has 1 aromatic heterocycles. The first-order valence-electron chi connectivity index (χ1n) is 10.2. The molecule has 1 atom stereocenters. The largest absolute Gasteiger partial charge is 0.508 e. The molecule has 0 radical (unpaired) electrons. The van der Waals surface area contributed by atoms with Crippen LogP contribution in [0.1, 0.15) is 39.2 Å². The summed E-state index contributed by atoms with van der Waals surface area (Å²) in [5.41, 5.74) is 0.380. The minimum Gasteiger partial charge on any atom is -0.508 e. The van der Waals surface area contributed by atoms with Crippen LogP contribution in [0.3, 0.4) is 0 Å². The Hall–Kier alpha value is -3.87. The van der Waals surface area contributed by atoms with Crippen LogP contribution in [0, 0.1) is 0 Å². The zero-order valence-electron chi connectivity index (χ0n) is 18.0.